The van der Waals surface area contributed by atoms with Crippen LogP contribution in [0.5, 0.6) is 0 Å². The molecule has 0 saturated carbocycles. The highest BCUT2D eigenvalue weighted by atomic mass is 35.5. The SMILES string of the molecule is Cc1cc([C@@H](C)NC(=O)[C@@H]2CCCN2C(=O)c2cc(Cl)ccc2Cl)c(C)o1. The van der Waals surface area contributed by atoms with Crippen LogP contribution in [0.15, 0.2) is 28.7 Å². The van der Waals surface area contributed by atoms with Crippen LogP contribution in [0.4, 0.5) is 0 Å². The largest absolute Gasteiger partial charge is 0.466 e. The molecule has 0 unspecified atom stereocenters. The Bertz CT molecular complexity index is 878. The fourth-order valence-corrected chi connectivity index (χ4v) is 3.94. The molecule has 1 aliphatic rings. The molecule has 2 amide bonds. The van der Waals surface area contributed by atoms with Crippen LogP contribution in [0.1, 0.15) is 53.2 Å². The van der Waals surface area contributed by atoms with Crippen LogP contribution in [0.25, 0.3) is 0 Å². The number of aryl methyl sites for hydroxylation is 2. The van der Waals surface area contributed by atoms with Crippen LogP contribution in [0, 0.1) is 13.8 Å². The van der Waals surface area contributed by atoms with Crippen LogP contribution in [-0.2, 0) is 4.79 Å². The molecule has 0 aliphatic carbocycles. The lowest BCUT2D eigenvalue weighted by molar-refractivity contribution is -0.125. The van der Waals surface area contributed by atoms with Crippen molar-refractivity contribution in [1.29, 1.82) is 0 Å². The third-order valence-electron chi connectivity index (χ3n) is 4.88. The molecule has 2 heterocycles. The molecule has 5 nitrogen and oxygen atoms in total. The van der Waals surface area contributed by atoms with E-state index in [9.17, 15) is 9.59 Å². The number of carbonyl (C=O) groups excluding carboxylic acids is 2. The molecule has 3 rings (SSSR count). The average Bonchev–Trinajstić information content (AvgIpc) is 3.22. The predicted molar refractivity (Wildman–Crippen MR) is 105 cm³/mol. The van der Waals surface area contributed by atoms with E-state index in [1.165, 1.54) is 0 Å². The summed E-state index contributed by atoms with van der Waals surface area (Å²) >= 11 is 12.2. The van der Waals surface area contributed by atoms with Crippen molar-refractivity contribution in [3.05, 3.63) is 57.0 Å². The molecule has 1 N–H and O–H groups in total. The quantitative estimate of drug-likeness (QED) is 0.797. The second-order valence-corrected chi connectivity index (χ2v) is 7.72. The Balaban J connectivity index is 1.75. The molecule has 2 atom stereocenters. The normalized spacial score (nSPS) is 17.8. The summed E-state index contributed by atoms with van der Waals surface area (Å²) in [6.07, 6.45) is 1.38. The van der Waals surface area contributed by atoms with E-state index in [1.807, 2.05) is 26.8 Å². The molecule has 1 aliphatic heterocycles. The molecular formula is C20H22Cl2N2O3. The molecule has 144 valence electrons. The van der Waals surface area contributed by atoms with Crippen LogP contribution in [-0.4, -0.2) is 29.3 Å². The van der Waals surface area contributed by atoms with Gasteiger partial charge in [-0.3, -0.25) is 9.59 Å². The maximum atomic E-state index is 12.9. The number of hydrogen-bond donors (Lipinski definition) is 1. The van der Waals surface area contributed by atoms with Gasteiger partial charge in [-0.15, -0.1) is 0 Å². The zero-order valence-corrected chi connectivity index (χ0v) is 17.0. The van der Waals surface area contributed by atoms with Crippen molar-refractivity contribution in [2.24, 2.45) is 0 Å². The Morgan fingerprint density at radius 3 is 2.67 bits per heavy atom. The van der Waals surface area contributed by atoms with E-state index in [0.29, 0.717) is 28.6 Å². The number of hydrogen-bond acceptors (Lipinski definition) is 3. The lowest BCUT2D eigenvalue weighted by Gasteiger charge is -2.26. The van der Waals surface area contributed by atoms with Crippen molar-refractivity contribution in [2.75, 3.05) is 6.54 Å². The van der Waals surface area contributed by atoms with Crippen LogP contribution >= 0.6 is 23.2 Å². The Kier molecular flexibility index (Phi) is 5.82. The van der Waals surface area contributed by atoms with Gasteiger partial charge in [-0.25, -0.2) is 0 Å². The van der Waals surface area contributed by atoms with Gasteiger partial charge in [-0.05, 0) is 57.9 Å². The maximum absolute atomic E-state index is 12.9. The average molecular weight is 409 g/mol. The summed E-state index contributed by atoms with van der Waals surface area (Å²) < 4.78 is 5.54. The van der Waals surface area contributed by atoms with Gasteiger partial charge in [0, 0.05) is 17.1 Å². The number of rotatable bonds is 4. The standard InChI is InChI=1S/C20H22Cl2N2O3/c1-11-9-15(13(3)27-11)12(2)23-19(25)18-5-4-8-24(18)20(26)16-10-14(21)6-7-17(16)22/h6-7,9-10,12,18H,4-5,8H2,1-3H3,(H,23,25)/t12-,18+/m1/s1. The monoisotopic (exact) mass is 408 g/mol. The first-order valence-corrected chi connectivity index (χ1v) is 9.67. The minimum absolute atomic E-state index is 0.176. The predicted octanol–water partition coefficient (Wildman–Crippen LogP) is 4.69. The molecule has 7 heteroatoms. The van der Waals surface area contributed by atoms with Crippen LogP contribution < -0.4 is 5.32 Å². The molecule has 1 fully saturated rings. The highest BCUT2D eigenvalue weighted by Crippen LogP contribution is 2.27. The van der Waals surface area contributed by atoms with Crippen molar-refractivity contribution in [1.82, 2.24) is 10.2 Å². The van der Waals surface area contributed by atoms with E-state index in [1.54, 1.807) is 23.1 Å². The highest BCUT2D eigenvalue weighted by molar-refractivity contribution is 6.35. The minimum atomic E-state index is -0.525. The van der Waals surface area contributed by atoms with Gasteiger partial charge in [-0.2, -0.15) is 0 Å². The zero-order valence-electron chi connectivity index (χ0n) is 15.5. The molecule has 0 radical (unpaired) electrons. The summed E-state index contributed by atoms with van der Waals surface area (Å²) in [5.74, 6) is 1.13. The molecule has 1 aromatic heterocycles. The van der Waals surface area contributed by atoms with Crippen LogP contribution in [0.3, 0.4) is 0 Å². The molecular weight excluding hydrogens is 387 g/mol. The minimum Gasteiger partial charge on any atom is -0.466 e. The third kappa shape index (κ3) is 4.14. The molecule has 0 spiro atoms. The van der Waals surface area contributed by atoms with Gasteiger partial charge >= 0.3 is 0 Å². The van der Waals surface area contributed by atoms with E-state index in [2.05, 4.69) is 5.32 Å². The zero-order chi connectivity index (χ0) is 19.7. The van der Waals surface area contributed by atoms with Gasteiger partial charge in [0.15, 0.2) is 0 Å². The molecule has 27 heavy (non-hydrogen) atoms. The van der Waals surface area contributed by atoms with Crippen molar-refractivity contribution in [2.45, 2.75) is 45.7 Å². The Morgan fingerprint density at radius 1 is 1.26 bits per heavy atom. The number of halogens is 2. The van der Waals surface area contributed by atoms with Crippen molar-refractivity contribution in [3.63, 3.8) is 0 Å². The summed E-state index contributed by atoms with van der Waals surface area (Å²) in [7, 11) is 0. The van der Waals surface area contributed by atoms with E-state index in [0.717, 1.165) is 23.5 Å². The second-order valence-electron chi connectivity index (χ2n) is 6.88. The first-order chi connectivity index (χ1) is 12.8. The van der Waals surface area contributed by atoms with Crippen molar-refractivity contribution in [3.8, 4) is 0 Å². The number of nitrogens with zero attached hydrogens (tertiary/aromatic N) is 1. The number of nitrogens with one attached hydrogen (secondary N) is 1. The fraction of sp³-hybridized carbons (Fsp3) is 0.400. The summed E-state index contributed by atoms with van der Waals surface area (Å²) in [5, 5.41) is 3.76. The first-order valence-electron chi connectivity index (χ1n) is 8.91. The first kappa shape index (κ1) is 19.8. The molecule has 1 aromatic carbocycles. The summed E-state index contributed by atoms with van der Waals surface area (Å²) in [4.78, 5) is 27.4. The molecule has 0 bridgehead atoms. The number of benzene rings is 1. The summed E-state index contributed by atoms with van der Waals surface area (Å²) in [6, 6.07) is 5.95. The lowest BCUT2D eigenvalue weighted by atomic mass is 10.1. The molecule has 1 saturated heterocycles. The molecule has 2 aromatic rings. The van der Waals surface area contributed by atoms with E-state index < -0.39 is 6.04 Å². The van der Waals surface area contributed by atoms with Gasteiger partial charge in [-0.1, -0.05) is 23.2 Å². The van der Waals surface area contributed by atoms with E-state index >= 15 is 0 Å². The van der Waals surface area contributed by atoms with Gasteiger partial charge in [0.1, 0.15) is 17.6 Å². The van der Waals surface area contributed by atoms with Crippen LogP contribution in [0.2, 0.25) is 10.0 Å². The van der Waals surface area contributed by atoms with E-state index in [4.69, 9.17) is 27.6 Å². The van der Waals surface area contributed by atoms with Crippen molar-refractivity contribution < 1.29 is 14.0 Å². The van der Waals surface area contributed by atoms with Gasteiger partial charge < -0.3 is 14.6 Å². The Morgan fingerprint density at radius 2 is 2.00 bits per heavy atom. The van der Waals surface area contributed by atoms with Gasteiger partial charge in [0.05, 0.1) is 16.6 Å². The third-order valence-corrected chi connectivity index (χ3v) is 5.44. The van der Waals surface area contributed by atoms with Gasteiger partial charge in [0.25, 0.3) is 5.91 Å². The highest BCUT2D eigenvalue weighted by Gasteiger charge is 2.36. The number of carbonyl (C=O) groups is 2. The number of likely N-dealkylation sites (tertiary alicyclic amines) is 1. The number of amides is 2. The summed E-state index contributed by atoms with van der Waals surface area (Å²) in [5.41, 5.74) is 1.26. The Labute approximate surface area is 168 Å². The second kappa shape index (κ2) is 7.95. The smallest absolute Gasteiger partial charge is 0.256 e. The van der Waals surface area contributed by atoms with Gasteiger partial charge in [0.2, 0.25) is 5.91 Å². The Hall–Kier alpha value is -1.98. The maximum Gasteiger partial charge on any atom is 0.256 e. The summed E-state index contributed by atoms with van der Waals surface area (Å²) in [6.45, 7) is 6.16. The fourth-order valence-electron chi connectivity index (χ4n) is 3.57. The topological polar surface area (TPSA) is 62.6 Å². The van der Waals surface area contributed by atoms with Crippen molar-refractivity contribution >= 4 is 35.0 Å². The lowest BCUT2D eigenvalue weighted by Crippen LogP contribution is -2.46. The number of furan rings is 1. The van der Waals surface area contributed by atoms with E-state index in [-0.39, 0.29) is 17.9 Å².